The zero-order valence-electron chi connectivity index (χ0n) is 11.4. The fourth-order valence-electron chi connectivity index (χ4n) is 2.16. The van der Waals surface area contributed by atoms with Gasteiger partial charge in [0.05, 0.1) is 17.7 Å². The van der Waals surface area contributed by atoms with Crippen LogP contribution in [0, 0.1) is 18.3 Å². The summed E-state index contributed by atoms with van der Waals surface area (Å²) in [5.74, 6) is 0. The highest BCUT2D eigenvalue weighted by molar-refractivity contribution is 7.98. The van der Waals surface area contributed by atoms with E-state index in [1.54, 1.807) is 6.34 Å². The fraction of sp³-hybridized carbons (Fsp3) is 0.357. The quantitative estimate of drug-likeness (QED) is 0.792. The minimum Gasteiger partial charge on any atom is -0.332 e. The highest BCUT2D eigenvalue weighted by Gasteiger charge is 2.24. The molecule has 0 atom stereocenters. The number of pyridine rings is 1. The van der Waals surface area contributed by atoms with Crippen LogP contribution in [0.4, 0.5) is 5.69 Å². The summed E-state index contributed by atoms with van der Waals surface area (Å²) >= 11 is 1.47. The molecule has 5 heteroatoms. The first-order valence-corrected chi connectivity index (χ1v) is 7.35. The van der Waals surface area contributed by atoms with Crippen molar-refractivity contribution in [2.45, 2.75) is 25.3 Å². The number of aromatic nitrogens is 1. The third kappa shape index (κ3) is 2.24. The van der Waals surface area contributed by atoms with Crippen LogP contribution in [0.2, 0.25) is 0 Å². The monoisotopic (exact) mass is 272 g/mol. The van der Waals surface area contributed by atoms with Crippen molar-refractivity contribution in [1.29, 1.82) is 5.26 Å². The molecular weight excluding hydrogens is 256 g/mol. The van der Waals surface area contributed by atoms with Gasteiger partial charge in [0.2, 0.25) is 0 Å². The van der Waals surface area contributed by atoms with Crippen molar-refractivity contribution < 1.29 is 0 Å². The molecule has 2 heterocycles. The van der Waals surface area contributed by atoms with Gasteiger partial charge in [-0.05, 0) is 19.6 Å². The van der Waals surface area contributed by atoms with E-state index in [4.69, 9.17) is 0 Å². The van der Waals surface area contributed by atoms with Gasteiger partial charge < -0.3 is 4.90 Å². The number of fused-ring (bicyclic) bond motifs is 1. The SMILES string of the molecule is C=C1c2c(C)nc(SC)c(C#N)c2N=CN1CCC. The van der Waals surface area contributed by atoms with Gasteiger partial charge in [0, 0.05) is 17.8 Å². The number of nitrogens with zero attached hydrogens (tertiary/aromatic N) is 4. The van der Waals surface area contributed by atoms with Gasteiger partial charge >= 0.3 is 0 Å². The molecule has 2 rings (SSSR count). The van der Waals surface area contributed by atoms with Gasteiger partial charge in [-0.3, -0.25) is 0 Å². The first-order valence-electron chi connectivity index (χ1n) is 6.12. The van der Waals surface area contributed by atoms with Crippen LogP contribution in [0.5, 0.6) is 0 Å². The second kappa shape index (κ2) is 5.45. The zero-order valence-corrected chi connectivity index (χ0v) is 12.2. The largest absolute Gasteiger partial charge is 0.332 e. The first kappa shape index (κ1) is 13.6. The van der Waals surface area contributed by atoms with E-state index in [0.29, 0.717) is 11.3 Å². The summed E-state index contributed by atoms with van der Waals surface area (Å²) in [4.78, 5) is 11.0. The maximum Gasteiger partial charge on any atom is 0.116 e. The molecule has 0 N–H and O–H groups in total. The lowest BCUT2D eigenvalue weighted by Crippen LogP contribution is -2.24. The van der Waals surface area contributed by atoms with E-state index in [1.165, 1.54) is 11.8 Å². The van der Waals surface area contributed by atoms with Gasteiger partial charge in [0.1, 0.15) is 16.7 Å². The zero-order chi connectivity index (χ0) is 14.0. The molecule has 4 nitrogen and oxygen atoms in total. The van der Waals surface area contributed by atoms with E-state index in [0.717, 1.165) is 34.9 Å². The van der Waals surface area contributed by atoms with Gasteiger partial charge in [0.15, 0.2) is 0 Å². The van der Waals surface area contributed by atoms with Gasteiger partial charge in [-0.25, -0.2) is 9.98 Å². The first-order chi connectivity index (χ1) is 9.13. The van der Waals surface area contributed by atoms with E-state index < -0.39 is 0 Å². The molecule has 0 radical (unpaired) electrons. The minimum absolute atomic E-state index is 0.543. The summed E-state index contributed by atoms with van der Waals surface area (Å²) in [6.07, 6.45) is 4.69. The Morgan fingerprint density at radius 2 is 2.26 bits per heavy atom. The van der Waals surface area contributed by atoms with Crippen LogP contribution >= 0.6 is 11.8 Å². The predicted molar refractivity (Wildman–Crippen MR) is 79.7 cm³/mol. The van der Waals surface area contributed by atoms with Crippen molar-refractivity contribution in [2.75, 3.05) is 12.8 Å². The van der Waals surface area contributed by atoms with Crippen LogP contribution in [0.1, 0.15) is 30.2 Å². The molecule has 0 saturated carbocycles. The second-order valence-electron chi connectivity index (χ2n) is 4.30. The molecule has 0 unspecified atom stereocenters. The number of hydrogen-bond acceptors (Lipinski definition) is 5. The van der Waals surface area contributed by atoms with E-state index >= 15 is 0 Å². The molecule has 19 heavy (non-hydrogen) atoms. The van der Waals surface area contributed by atoms with Crippen molar-refractivity contribution in [1.82, 2.24) is 9.88 Å². The van der Waals surface area contributed by atoms with Crippen molar-refractivity contribution in [3.05, 3.63) is 23.4 Å². The maximum absolute atomic E-state index is 9.33. The van der Waals surface area contributed by atoms with Gasteiger partial charge in [-0.2, -0.15) is 5.26 Å². The normalized spacial score (nSPS) is 13.4. The molecule has 1 aromatic rings. The fourth-order valence-corrected chi connectivity index (χ4v) is 2.73. The molecule has 1 aliphatic heterocycles. The van der Waals surface area contributed by atoms with Crippen molar-refractivity contribution >= 4 is 29.5 Å². The molecule has 1 aromatic heterocycles. The van der Waals surface area contributed by atoms with E-state index in [-0.39, 0.29) is 0 Å². The maximum atomic E-state index is 9.33. The predicted octanol–water partition coefficient (Wildman–Crippen LogP) is 3.34. The van der Waals surface area contributed by atoms with Crippen molar-refractivity contribution in [3.8, 4) is 6.07 Å². The topological polar surface area (TPSA) is 52.3 Å². The summed E-state index contributed by atoms with van der Waals surface area (Å²) in [7, 11) is 0. The van der Waals surface area contributed by atoms with Crippen LogP contribution in [0.25, 0.3) is 5.70 Å². The summed E-state index contributed by atoms with van der Waals surface area (Å²) < 4.78 is 0. The number of hydrogen-bond donors (Lipinski definition) is 0. The lowest BCUT2D eigenvalue weighted by Gasteiger charge is -2.28. The molecule has 98 valence electrons. The summed E-state index contributed by atoms with van der Waals surface area (Å²) in [5, 5.41) is 10.1. The molecule has 0 amide bonds. The lowest BCUT2D eigenvalue weighted by molar-refractivity contribution is 0.581. The van der Waals surface area contributed by atoms with Gasteiger partial charge in [-0.1, -0.05) is 13.5 Å². The number of thioether (sulfide) groups is 1. The Labute approximate surface area is 117 Å². The standard InChI is InChI=1S/C14H16N4S/c1-5-6-18-8-16-13-11(7-15)14(19-4)17-9(2)12(13)10(18)3/h8H,3,5-6H2,1-2,4H3. The van der Waals surface area contributed by atoms with Gasteiger partial charge in [-0.15, -0.1) is 11.8 Å². The number of aliphatic imine (C=N–C) groups is 1. The molecule has 0 saturated heterocycles. The molecule has 0 spiro atoms. The average molecular weight is 272 g/mol. The Bertz CT molecular complexity index is 598. The Balaban J connectivity index is 2.64. The highest BCUT2D eigenvalue weighted by atomic mass is 32.2. The summed E-state index contributed by atoms with van der Waals surface area (Å²) in [6.45, 7) is 9.04. The smallest absolute Gasteiger partial charge is 0.116 e. The second-order valence-corrected chi connectivity index (χ2v) is 5.10. The number of rotatable bonds is 3. The van der Waals surface area contributed by atoms with E-state index in [9.17, 15) is 5.26 Å². The lowest BCUT2D eigenvalue weighted by atomic mass is 10.0. The number of nitriles is 1. The Kier molecular flexibility index (Phi) is 3.91. The van der Waals surface area contributed by atoms with Crippen LogP contribution in [0.3, 0.4) is 0 Å². The van der Waals surface area contributed by atoms with Crippen molar-refractivity contribution in [3.63, 3.8) is 0 Å². The van der Waals surface area contributed by atoms with Crippen LogP contribution in [-0.2, 0) is 0 Å². The Hall–Kier alpha value is -1.80. The Morgan fingerprint density at radius 1 is 1.53 bits per heavy atom. The molecule has 0 aliphatic carbocycles. The summed E-state index contributed by atoms with van der Waals surface area (Å²) in [6, 6.07) is 2.21. The van der Waals surface area contributed by atoms with Gasteiger partial charge in [0.25, 0.3) is 0 Å². The molecule has 0 aromatic carbocycles. The van der Waals surface area contributed by atoms with E-state index in [2.05, 4.69) is 29.5 Å². The van der Waals surface area contributed by atoms with Crippen LogP contribution in [0.15, 0.2) is 16.6 Å². The Morgan fingerprint density at radius 3 is 2.84 bits per heavy atom. The third-order valence-electron chi connectivity index (χ3n) is 3.05. The molecule has 1 aliphatic rings. The van der Waals surface area contributed by atoms with Crippen LogP contribution in [-0.4, -0.2) is 29.0 Å². The number of aryl methyl sites for hydroxylation is 1. The molecule has 0 fully saturated rings. The summed E-state index contributed by atoms with van der Waals surface area (Å²) in [5.41, 5.74) is 3.89. The van der Waals surface area contributed by atoms with Crippen molar-refractivity contribution in [2.24, 2.45) is 4.99 Å². The third-order valence-corrected chi connectivity index (χ3v) is 3.73. The highest BCUT2D eigenvalue weighted by Crippen LogP contribution is 2.38. The molecule has 0 bridgehead atoms. The minimum atomic E-state index is 0.543. The van der Waals surface area contributed by atoms with Crippen LogP contribution < -0.4 is 0 Å². The average Bonchev–Trinajstić information content (AvgIpc) is 2.41. The van der Waals surface area contributed by atoms with E-state index in [1.807, 2.05) is 18.1 Å². The molecular formula is C14H16N4S.